The Morgan fingerprint density at radius 3 is 2.50 bits per heavy atom. The van der Waals surface area contributed by atoms with Crippen LogP contribution >= 0.6 is 0 Å². The molecule has 2 unspecified atom stereocenters. The highest BCUT2D eigenvalue weighted by Gasteiger charge is 2.43. The van der Waals surface area contributed by atoms with Crippen LogP contribution in [0.3, 0.4) is 0 Å². The van der Waals surface area contributed by atoms with E-state index in [1.165, 1.54) is 12.8 Å². The summed E-state index contributed by atoms with van der Waals surface area (Å²) in [4.78, 5) is 12.2. The van der Waals surface area contributed by atoms with Crippen molar-refractivity contribution in [2.45, 2.75) is 51.2 Å². The number of anilines is 1. The maximum Gasteiger partial charge on any atom is 0.321 e. The molecule has 2 aliphatic rings. The zero-order valence-corrected chi connectivity index (χ0v) is 13.2. The average molecular weight is 300 g/mol. The van der Waals surface area contributed by atoms with Crippen LogP contribution in [0.5, 0.6) is 0 Å². The van der Waals surface area contributed by atoms with Crippen molar-refractivity contribution in [1.82, 2.24) is 5.32 Å². The van der Waals surface area contributed by atoms with Crippen molar-refractivity contribution in [3.8, 4) is 0 Å². The Kier molecular flexibility index (Phi) is 4.14. The van der Waals surface area contributed by atoms with Crippen molar-refractivity contribution >= 4 is 11.7 Å². The Labute approximate surface area is 131 Å². The summed E-state index contributed by atoms with van der Waals surface area (Å²) < 4.78 is 0. The number of benzene rings is 1. The molecule has 2 amide bonds. The maximum atomic E-state index is 12.2. The third-order valence-corrected chi connectivity index (χ3v) is 4.52. The van der Waals surface area contributed by atoms with E-state index in [-0.39, 0.29) is 12.1 Å². The van der Waals surface area contributed by atoms with Gasteiger partial charge in [0.15, 0.2) is 5.66 Å². The Balaban J connectivity index is 1.61. The van der Waals surface area contributed by atoms with Gasteiger partial charge in [0.05, 0.1) is 6.04 Å². The number of urea groups is 1. The minimum absolute atomic E-state index is 0.223. The summed E-state index contributed by atoms with van der Waals surface area (Å²) in [6.45, 7) is 4.08. The predicted molar refractivity (Wildman–Crippen MR) is 86.8 cm³/mol. The molecule has 0 saturated heterocycles. The number of nitrogens with one attached hydrogen (secondary N) is 2. The fraction of sp³-hybridized carbons (Fsp3) is 0.588. The van der Waals surface area contributed by atoms with E-state index in [4.69, 9.17) is 0 Å². The number of nitrogens with zero attached hydrogens (tertiary/aromatic N) is 2. The fourth-order valence-electron chi connectivity index (χ4n) is 2.65. The lowest BCUT2D eigenvalue weighted by atomic mass is 10.1. The summed E-state index contributed by atoms with van der Waals surface area (Å²) in [6, 6.07) is 9.48. The van der Waals surface area contributed by atoms with E-state index in [1.54, 1.807) is 0 Å². The van der Waals surface area contributed by atoms with Crippen LogP contribution in [-0.4, -0.2) is 17.7 Å². The van der Waals surface area contributed by atoms with E-state index in [0.717, 1.165) is 18.5 Å². The molecule has 0 heterocycles. The molecule has 2 saturated carbocycles. The molecule has 22 heavy (non-hydrogen) atoms. The quantitative estimate of drug-likeness (QED) is 0.760. The Hall–Kier alpha value is -1.91. The zero-order chi connectivity index (χ0) is 15.6. The topological polar surface area (TPSA) is 65.8 Å². The fourth-order valence-corrected chi connectivity index (χ4v) is 2.65. The highest BCUT2D eigenvalue weighted by atomic mass is 16.2. The van der Waals surface area contributed by atoms with Gasteiger partial charge in [-0.3, -0.25) is 0 Å². The molecule has 0 spiro atoms. The van der Waals surface area contributed by atoms with Gasteiger partial charge in [-0.05, 0) is 57.6 Å². The van der Waals surface area contributed by atoms with Gasteiger partial charge in [0.2, 0.25) is 0 Å². The van der Waals surface area contributed by atoms with Crippen LogP contribution in [0, 0.1) is 11.8 Å². The molecule has 0 aromatic heterocycles. The van der Waals surface area contributed by atoms with Gasteiger partial charge in [0, 0.05) is 11.6 Å². The van der Waals surface area contributed by atoms with Crippen LogP contribution in [0.2, 0.25) is 0 Å². The van der Waals surface area contributed by atoms with Gasteiger partial charge in [-0.1, -0.05) is 18.2 Å². The molecule has 118 valence electrons. The third kappa shape index (κ3) is 3.84. The second-order valence-corrected chi connectivity index (χ2v) is 6.66. The van der Waals surface area contributed by atoms with Gasteiger partial charge in [0.1, 0.15) is 0 Å². The lowest BCUT2D eigenvalue weighted by Gasteiger charge is -2.26. The van der Waals surface area contributed by atoms with Crippen molar-refractivity contribution in [2.24, 2.45) is 22.1 Å². The first-order valence-corrected chi connectivity index (χ1v) is 8.13. The van der Waals surface area contributed by atoms with Gasteiger partial charge in [-0.15, -0.1) is 0 Å². The van der Waals surface area contributed by atoms with E-state index in [2.05, 4.69) is 27.8 Å². The standard InChI is InChI=1S/C17H24N4O/c1-12(13-8-9-13)20-21-17(2,14-10-11-14)19-16(22)18-15-6-4-3-5-7-15/h3-7,12-14H,8-11H2,1-2H3,(H2,18,19,22)/b21-20+. The normalized spacial score (nSPS) is 22.1. The molecule has 0 bridgehead atoms. The zero-order valence-electron chi connectivity index (χ0n) is 13.2. The maximum absolute atomic E-state index is 12.2. The Morgan fingerprint density at radius 2 is 1.91 bits per heavy atom. The average Bonchev–Trinajstić information content (AvgIpc) is 3.38. The highest BCUT2D eigenvalue weighted by molar-refractivity contribution is 5.89. The minimum atomic E-state index is -0.595. The minimum Gasteiger partial charge on any atom is -0.312 e. The van der Waals surface area contributed by atoms with Gasteiger partial charge in [-0.2, -0.15) is 10.2 Å². The first kappa shape index (κ1) is 15.0. The number of para-hydroxylation sites is 1. The van der Waals surface area contributed by atoms with Crippen molar-refractivity contribution in [3.05, 3.63) is 30.3 Å². The van der Waals surface area contributed by atoms with Crippen LogP contribution in [0.25, 0.3) is 0 Å². The molecule has 5 heteroatoms. The van der Waals surface area contributed by atoms with Crippen LogP contribution in [0.4, 0.5) is 10.5 Å². The molecule has 2 fully saturated rings. The van der Waals surface area contributed by atoms with E-state index >= 15 is 0 Å². The summed E-state index contributed by atoms with van der Waals surface area (Å²) >= 11 is 0. The molecular weight excluding hydrogens is 276 g/mol. The van der Waals surface area contributed by atoms with Gasteiger partial charge >= 0.3 is 6.03 Å². The number of azo groups is 1. The molecule has 2 atom stereocenters. The smallest absolute Gasteiger partial charge is 0.312 e. The lowest BCUT2D eigenvalue weighted by molar-refractivity contribution is 0.232. The summed E-state index contributed by atoms with van der Waals surface area (Å²) in [5.74, 6) is 1.08. The molecular formula is C17H24N4O. The Morgan fingerprint density at radius 1 is 1.23 bits per heavy atom. The third-order valence-electron chi connectivity index (χ3n) is 4.52. The van der Waals surface area contributed by atoms with Crippen molar-refractivity contribution in [1.29, 1.82) is 0 Å². The first-order chi connectivity index (χ1) is 10.6. The van der Waals surface area contributed by atoms with Crippen molar-refractivity contribution in [2.75, 3.05) is 5.32 Å². The van der Waals surface area contributed by atoms with E-state index in [1.807, 2.05) is 37.3 Å². The predicted octanol–water partition coefficient (Wildman–Crippen LogP) is 4.19. The number of carbonyl (C=O) groups excluding carboxylic acids is 1. The molecule has 5 nitrogen and oxygen atoms in total. The monoisotopic (exact) mass is 300 g/mol. The SMILES string of the molecule is CC(/N=N/C(C)(NC(=O)Nc1ccccc1)C1CC1)C1CC1. The summed E-state index contributed by atoms with van der Waals surface area (Å²) in [7, 11) is 0. The molecule has 0 radical (unpaired) electrons. The van der Waals surface area contributed by atoms with E-state index in [9.17, 15) is 4.79 Å². The Bertz CT molecular complexity index is 551. The summed E-state index contributed by atoms with van der Waals surface area (Å²) in [5, 5.41) is 14.8. The number of carbonyl (C=O) groups is 1. The molecule has 3 rings (SSSR count). The molecule has 2 aliphatic carbocycles. The van der Waals surface area contributed by atoms with Crippen LogP contribution < -0.4 is 10.6 Å². The molecule has 2 N–H and O–H groups in total. The molecule has 1 aromatic rings. The van der Waals surface area contributed by atoms with Crippen molar-refractivity contribution < 1.29 is 4.79 Å². The van der Waals surface area contributed by atoms with Gasteiger partial charge in [0.25, 0.3) is 0 Å². The molecule has 1 aromatic carbocycles. The second kappa shape index (κ2) is 6.07. The lowest BCUT2D eigenvalue weighted by Crippen LogP contribution is -2.48. The van der Waals surface area contributed by atoms with Crippen molar-refractivity contribution in [3.63, 3.8) is 0 Å². The number of hydrogen-bond acceptors (Lipinski definition) is 3. The number of amides is 2. The second-order valence-electron chi connectivity index (χ2n) is 6.66. The van der Waals surface area contributed by atoms with Crippen LogP contribution in [-0.2, 0) is 0 Å². The van der Waals surface area contributed by atoms with E-state index in [0.29, 0.717) is 11.8 Å². The summed E-state index contributed by atoms with van der Waals surface area (Å²) in [6.07, 6.45) is 4.70. The largest absolute Gasteiger partial charge is 0.321 e. The van der Waals surface area contributed by atoms with Crippen LogP contribution in [0.1, 0.15) is 39.5 Å². The van der Waals surface area contributed by atoms with E-state index < -0.39 is 5.66 Å². The van der Waals surface area contributed by atoms with Gasteiger partial charge < -0.3 is 10.6 Å². The summed E-state index contributed by atoms with van der Waals surface area (Å²) in [5.41, 5.74) is 0.184. The first-order valence-electron chi connectivity index (χ1n) is 8.13. The number of hydrogen-bond donors (Lipinski definition) is 2. The number of rotatable bonds is 6. The van der Waals surface area contributed by atoms with Crippen LogP contribution in [0.15, 0.2) is 40.6 Å². The molecule has 0 aliphatic heterocycles. The van der Waals surface area contributed by atoms with Gasteiger partial charge in [-0.25, -0.2) is 4.79 Å². The highest BCUT2D eigenvalue weighted by Crippen LogP contribution is 2.41.